The maximum absolute atomic E-state index is 8.90. The van der Waals surface area contributed by atoms with Gasteiger partial charge >= 0.3 is 7.32 Å². The molecule has 0 aliphatic carbocycles. The molecule has 0 aliphatic heterocycles. The first-order valence-corrected chi connectivity index (χ1v) is 5.29. The van der Waals surface area contributed by atoms with E-state index >= 15 is 0 Å². The van der Waals surface area contributed by atoms with E-state index in [9.17, 15) is 0 Å². The van der Waals surface area contributed by atoms with Crippen LogP contribution in [-0.4, -0.2) is 24.5 Å². The minimum absolute atomic E-state index is 0.252. The van der Waals surface area contributed by atoms with Crippen molar-refractivity contribution in [2.24, 2.45) is 0 Å². The smallest absolute Gasteiger partial charge is 0.509 e. The summed E-state index contributed by atoms with van der Waals surface area (Å²) in [5, 5.41) is 19.8. The largest absolute Gasteiger partial charge is 0.707 e. The molecule has 0 heterocycles. The van der Waals surface area contributed by atoms with Crippen LogP contribution < -0.4 is 9.39 Å². The van der Waals surface area contributed by atoms with Gasteiger partial charge in [-0.25, -0.2) is 0 Å². The summed E-state index contributed by atoms with van der Waals surface area (Å²) in [4.78, 5) is 0. The highest BCUT2D eigenvalue weighted by molar-refractivity contribution is 6.36. The van der Waals surface area contributed by atoms with E-state index in [2.05, 4.69) is 0 Å². The van der Waals surface area contributed by atoms with Gasteiger partial charge in [-0.2, -0.15) is 0 Å². The summed E-state index contributed by atoms with van der Waals surface area (Å²) in [6.45, 7) is 0. The third-order valence-electron chi connectivity index (χ3n) is 2.37. The van der Waals surface area contributed by atoms with Crippen molar-refractivity contribution in [3.8, 4) is 11.5 Å². The Morgan fingerprint density at radius 3 is 2.53 bits per heavy atom. The van der Waals surface area contributed by atoms with E-state index in [1.165, 1.54) is 7.11 Å². The van der Waals surface area contributed by atoms with Crippen LogP contribution in [0.3, 0.4) is 0 Å². The third-order valence-corrected chi connectivity index (χ3v) is 2.70. The van der Waals surface area contributed by atoms with E-state index in [1.807, 2.05) is 0 Å². The molecule has 88 valence electrons. The highest BCUT2D eigenvalue weighted by Crippen LogP contribution is 2.38. The molecule has 4 nitrogen and oxygen atoms in total. The van der Waals surface area contributed by atoms with Crippen LogP contribution in [0.25, 0.3) is 10.8 Å². The zero-order valence-corrected chi connectivity index (χ0v) is 9.81. The molecule has 0 radical (unpaired) electrons. The van der Waals surface area contributed by atoms with Gasteiger partial charge in [-0.1, -0.05) is 23.7 Å². The Bertz CT molecular complexity index is 544. The standard InChI is InChI=1S/C11H10BClO4/c1-16-10-6-5-7-8(3-2-4-9(7)13)11(10)17-12(14)15/h2-6,14-15H,1H3. The zero-order chi connectivity index (χ0) is 12.4. The number of halogens is 1. The molecule has 0 saturated carbocycles. The highest BCUT2D eigenvalue weighted by Gasteiger charge is 2.18. The monoisotopic (exact) mass is 252 g/mol. The Morgan fingerprint density at radius 2 is 1.88 bits per heavy atom. The molecule has 0 fully saturated rings. The summed E-state index contributed by atoms with van der Waals surface area (Å²) in [5.74, 6) is 0.662. The molecule has 0 spiro atoms. The number of ether oxygens (including phenoxy) is 1. The van der Waals surface area contributed by atoms with Crippen molar-refractivity contribution in [2.45, 2.75) is 0 Å². The molecular formula is C11H10BClO4. The second kappa shape index (κ2) is 4.83. The molecule has 2 rings (SSSR count). The van der Waals surface area contributed by atoms with Crippen LogP contribution in [-0.2, 0) is 0 Å². The van der Waals surface area contributed by atoms with E-state index < -0.39 is 7.32 Å². The Hall–Kier alpha value is -1.43. The van der Waals surface area contributed by atoms with E-state index in [0.717, 1.165) is 5.39 Å². The van der Waals surface area contributed by atoms with Gasteiger partial charge in [0.1, 0.15) is 0 Å². The lowest BCUT2D eigenvalue weighted by Crippen LogP contribution is -2.21. The molecule has 2 N–H and O–H groups in total. The van der Waals surface area contributed by atoms with Gasteiger partial charge in [0.15, 0.2) is 11.5 Å². The van der Waals surface area contributed by atoms with E-state index in [0.29, 0.717) is 16.2 Å². The SMILES string of the molecule is COc1ccc2c(Cl)cccc2c1OB(O)O. The summed E-state index contributed by atoms with van der Waals surface area (Å²) in [6, 6.07) is 8.71. The van der Waals surface area contributed by atoms with Crippen LogP contribution in [0.15, 0.2) is 30.3 Å². The summed E-state index contributed by atoms with van der Waals surface area (Å²) in [7, 11) is -0.434. The first-order valence-electron chi connectivity index (χ1n) is 4.91. The summed E-state index contributed by atoms with van der Waals surface area (Å²) >= 11 is 6.04. The van der Waals surface area contributed by atoms with Crippen molar-refractivity contribution < 1.29 is 19.4 Å². The molecule has 0 unspecified atom stereocenters. The molecule has 6 heteroatoms. The van der Waals surface area contributed by atoms with Gasteiger partial charge in [0.25, 0.3) is 0 Å². The predicted molar refractivity (Wildman–Crippen MR) is 66.3 cm³/mol. The number of hydrogen-bond acceptors (Lipinski definition) is 4. The number of benzene rings is 2. The van der Waals surface area contributed by atoms with Crippen LogP contribution in [0.1, 0.15) is 0 Å². The molecule has 17 heavy (non-hydrogen) atoms. The number of hydrogen-bond donors (Lipinski definition) is 2. The first kappa shape index (κ1) is 12.0. The van der Waals surface area contributed by atoms with Gasteiger partial charge in [-0.05, 0) is 18.2 Å². The molecule has 0 bridgehead atoms. The van der Waals surface area contributed by atoms with E-state index in [4.69, 9.17) is 31.0 Å². The molecule has 0 aliphatic rings. The Balaban J connectivity index is 2.70. The third kappa shape index (κ3) is 2.31. The zero-order valence-electron chi connectivity index (χ0n) is 9.05. The normalized spacial score (nSPS) is 10.4. The fourth-order valence-corrected chi connectivity index (χ4v) is 1.90. The van der Waals surface area contributed by atoms with Gasteiger partial charge in [0.2, 0.25) is 0 Å². The Morgan fingerprint density at radius 1 is 1.12 bits per heavy atom. The number of rotatable bonds is 3. The van der Waals surface area contributed by atoms with Crippen molar-refractivity contribution in [3.63, 3.8) is 0 Å². The van der Waals surface area contributed by atoms with Crippen molar-refractivity contribution in [2.75, 3.05) is 7.11 Å². The van der Waals surface area contributed by atoms with E-state index in [1.54, 1.807) is 30.3 Å². The average molecular weight is 252 g/mol. The number of methoxy groups -OCH3 is 1. The number of fused-ring (bicyclic) bond motifs is 1. The van der Waals surface area contributed by atoms with Gasteiger partial charge in [-0.3, -0.25) is 0 Å². The molecular weight excluding hydrogens is 242 g/mol. The van der Waals surface area contributed by atoms with E-state index in [-0.39, 0.29) is 5.75 Å². The molecule has 0 aromatic heterocycles. The lowest BCUT2D eigenvalue weighted by molar-refractivity contribution is 0.281. The average Bonchev–Trinajstić information content (AvgIpc) is 2.29. The predicted octanol–water partition coefficient (Wildman–Crippen LogP) is 1.85. The molecule has 0 saturated heterocycles. The maximum atomic E-state index is 8.90. The molecule has 0 atom stereocenters. The fourth-order valence-electron chi connectivity index (χ4n) is 1.66. The van der Waals surface area contributed by atoms with Crippen molar-refractivity contribution in [3.05, 3.63) is 35.4 Å². The Kier molecular flexibility index (Phi) is 3.42. The van der Waals surface area contributed by atoms with Crippen LogP contribution in [0, 0.1) is 0 Å². The van der Waals surface area contributed by atoms with Gasteiger partial charge in [-0.15, -0.1) is 0 Å². The molecule has 0 amide bonds. The summed E-state index contributed by atoms with van der Waals surface area (Å²) < 4.78 is 10.0. The fraction of sp³-hybridized carbons (Fsp3) is 0.0909. The lowest BCUT2D eigenvalue weighted by Gasteiger charge is -2.13. The topological polar surface area (TPSA) is 58.9 Å². The highest BCUT2D eigenvalue weighted by atomic mass is 35.5. The maximum Gasteiger partial charge on any atom is 0.707 e. The van der Waals surface area contributed by atoms with Crippen LogP contribution in [0.5, 0.6) is 11.5 Å². The lowest BCUT2D eigenvalue weighted by atomic mass is 10.1. The van der Waals surface area contributed by atoms with Crippen molar-refractivity contribution in [1.82, 2.24) is 0 Å². The van der Waals surface area contributed by atoms with Gasteiger partial charge in [0.05, 0.1) is 7.11 Å². The second-order valence-electron chi connectivity index (χ2n) is 3.38. The van der Waals surface area contributed by atoms with Crippen molar-refractivity contribution in [1.29, 1.82) is 0 Å². The van der Waals surface area contributed by atoms with Crippen LogP contribution in [0.2, 0.25) is 5.02 Å². The molecule has 2 aromatic rings. The minimum atomic E-state index is -1.91. The van der Waals surface area contributed by atoms with Crippen LogP contribution >= 0.6 is 11.6 Å². The second-order valence-corrected chi connectivity index (χ2v) is 3.78. The van der Waals surface area contributed by atoms with Gasteiger partial charge in [0, 0.05) is 15.8 Å². The quantitative estimate of drug-likeness (QED) is 0.819. The summed E-state index contributed by atoms with van der Waals surface area (Å²) in [5.41, 5.74) is 0. The molecule has 2 aromatic carbocycles. The van der Waals surface area contributed by atoms with Crippen LogP contribution in [0.4, 0.5) is 0 Å². The van der Waals surface area contributed by atoms with Gasteiger partial charge < -0.3 is 19.4 Å². The first-order chi connectivity index (χ1) is 8.13. The van der Waals surface area contributed by atoms with Crippen molar-refractivity contribution >= 4 is 29.7 Å². The minimum Gasteiger partial charge on any atom is -0.509 e. The Labute approximate surface area is 104 Å². The summed E-state index contributed by atoms with van der Waals surface area (Å²) in [6.07, 6.45) is 0.